The molecule has 1 aromatic heterocycles. The fourth-order valence-electron chi connectivity index (χ4n) is 3.27. The number of anilines is 1. The minimum atomic E-state index is -0.186. The number of halogens is 1. The van der Waals surface area contributed by atoms with Crippen LogP contribution >= 0.6 is 11.6 Å². The summed E-state index contributed by atoms with van der Waals surface area (Å²) >= 11 is 5.86. The van der Waals surface area contributed by atoms with Crippen LogP contribution in [0.2, 0.25) is 5.02 Å². The summed E-state index contributed by atoms with van der Waals surface area (Å²) < 4.78 is 0. The highest BCUT2D eigenvalue weighted by Gasteiger charge is 2.47. The highest BCUT2D eigenvalue weighted by Crippen LogP contribution is 2.40. The molecule has 2 saturated heterocycles. The monoisotopic (exact) mass is 279 g/mol. The maximum atomic E-state index is 12.4. The van der Waals surface area contributed by atoms with E-state index in [-0.39, 0.29) is 5.41 Å². The van der Waals surface area contributed by atoms with Crippen LogP contribution in [-0.2, 0) is 4.79 Å². The molecular weight excluding hydrogens is 262 g/mol. The summed E-state index contributed by atoms with van der Waals surface area (Å²) in [6.45, 7) is 2.57. The van der Waals surface area contributed by atoms with Crippen molar-refractivity contribution in [2.75, 3.05) is 31.6 Å². The van der Waals surface area contributed by atoms with E-state index in [1.165, 1.54) is 0 Å². The molecule has 1 spiro atoms. The van der Waals surface area contributed by atoms with Gasteiger partial charge in [-0.3, -0.25) is 4.79 Å². The number of hydrogen-bond acceptors (Lipinski definition) is 3. The number of amides is 1. The number of carbonyl (C=O) groups is 1. The molecule has 1 atom stereocenters. The van der Waals surface area contributed by atoms with Crippen LogP contribution in [0.15, 0.2) is 18.3 Å². The van der Waals surface area contributed by atoms with E-state index in [0.717, 1.165) is 44.7 Å². The summed E-state index contributed by atoms with van der Waals surface area (Å²) in [5, 5.41) is 0.645. The number of rotatable bonds is 1. The number of carbonyl (C=O) groups excluding carboxylic acids is 1. The van der Waals surface area contributed by atoms with Gasteiger partial charge in [0.1, 0.15) is 5.82 Å². The van der Waals surface area contributed by atoms with Crippen molar-refractivity contribution in [2.45, 2.75) is 19.3 Å². The first-order valence-corrected chi connectivity index (χ1v) is 7.11. The van der Waals surface area contributed by atoms with Gasteiger partial charge in [0.15, 0.2) is 0 Å². The fourth-order valence-corrected chi connectivity index (χ4v) is 3.38. The maximum Gasteiger partial charge on any atom is 0.230 e. The van der Waals surface area contributed by atoms with Gasteiger partial charge < -0.3 is 9.80 Å². The summed E-state index contributed by atoms with van der Waals surface area (Å²) in [5.41, 5.74) is -0.186. The number of aromatic nitrogens is 1. The lowest BCUT2D eigenvalue weighted by Crippen LogP contribution is -2.48. The Morgan fingerprint density at radius 3 is 2.89 bits per heavy atom. The fraction of sp³-hybridized carbons (Fsp3) is 0.571. The van der Waals surface area contributed by atoms with Crippen LogP contribution in [-0.4, -0.2) is 42.5 Å². The summed E-state index contributed by atoms with van der Waals surface area (Å²) in [6, 6.07) is 3.78. The van der Waals surface area contributed by atoms with Gasteiger partial charge in [0.2, 0.25) is 5.91 Å². The largest absolute Gasteiger partial charge is 0.356 e. The van der Waals surface area contributed by atoms with E-state index < -0.39 is 0 Å². The van der Waals surface area contributed by atoms with Crippen molar-refractivity contribution < 1.29 is 4.79 Å². The smallest absolute Gasteiger partial charge is 0.230 e. The molecule has 2 fully saturated rings. The maximum absolute atomic E-state index is 12.4. The van der Waals surface area contributed by atoms with E-state index in [0.29, 0.717) is 10.9 Å². The van der Waals surface area contributed by atoms with Crippen molar-refractivity contribution in [3.8, 4) is 0 Å². The molecule has 4 nitrogen and oxygen atoms in total. The highest BCUT2D eigenvalue weighted by molar-refractivity contribution is 6.30. The second kappa shape index (κ2) is 4.67. The molecule has 2 aliphatic rings. The normalized spacial score (nSPS) is 27.4. The van der Waals surface area contributed by atoms with Gasteiger partial charge in [0, 0.05) is 32.9 Å². The molecule has 0 aromatic carbocycles. The van der Waals surface area contributed by atoms with Crippen molar-refractivity contribution in [1.29, 1.82) is 0 Å². The SMILES string of the molecule is CN1CCC[C@@]2(CCN(c3ccc(Cl)cn3)C2)C1=O. The minimum Gasteiger partial charge on any atom is -0.356 e. The molecule has 2 aliphatic heterocycles. The summed E-state index contributed by atoms with van der Waals surface area (Å²) in [5.74, 6) is 1.22. The Morgan fingerprint density at radius 1 is 1.32 bits per heavy atom. The Hall–Kier alpha value is -1.29. The Kier molecular flexibility index (Phi) is 3.13. The molecule has 5 heteroatoms. The van der Waals surface area contributed by atoms with Crippen LogP contribution in [0.4, 0.5) is 5.82 Å². The van der Waals surface area contributed by atoms with Crippen LogP contribution in [0.5, 0.6) is 0 Å². The van der Waals surface area contributed by atoms with E-state index in [1.54, 1.807) is 6.20 Å². The van der Waals surface area contributed by atoms with E-state index in [9.17, 15) is 4.79 Å². The third-order valence-electron chi connectivity index (χ3n) is 4.34. The van der Waals surface area contributed by atoms with Crippen LogP contribution < -0.4 is 4.90 Å². The third kappa shape index (κ3) is 2.18. The standard InChI is InChI=1S/C14H18ClN3O/c1-17-7-2-5-14(13(17)19)6-8-18(10-14)12-4-3-11(15)9-16-12/h3-4,9H,2,5-8,10H2,1H3/t14-/m0/s1. The predicted octanol–water partition coefficient (Wildman–Crippen LogP) is 2.18. The molecule has 1 aromatic rings. The van der Waals surface area contributed by atoms with Gasteiger partial charge in [-0.15, -0.1) is 0 Å². The van der Waals surface area contributed by atoms with Gasteiger partial charge in [0.25, 0.3) is 0 Å². The molecule has 19 heavy (non-hydrogen) atoms. The molecule has 3 rings (SSSR count). The molecule has 1 amide bonds. The number of nitrogens with zero attached hydrogens (tertiary/aromatic N) is 3. The topological polar surface area (TPSA) is 36.4 Å². The van der Waals surface area contributed by atoms with Crippen LogP contribution in [0.1, 0.15) is 19.3 Å². The first-order valence-electron chi connectivity index (χ1n) is 6.73. The second-order valence-corrected chi connectivity index (χ2v) is 6.05. The Morgan fingerprint density at radius 2 is 2.16 bits per heavy atom. The van der Waals surface area contributed by atoms with Gasteiger partial charge in [-0.05, 0) is 31.4 Å². The zero-order valence-corrected chi connectivity index (χ0v) is 11.9. The van der Waals surface area contributed by atoms with Gasteiger partial charge in [-0.2, -0.15) is 0 Å². The van der Waals surface area contributed by atoms with Crippen LogP contribution in [0.25, 0.3) is 0 Å². The average molecular weight is 280 g/mol. The quantitative estimate of drug-likeness (QED) is 0.791. The number of hydrogen-bond donors (Lipinski definition) is 0. The number of piperidine rings is 1. The van der Waals surface area contributed by atoms with E-state index >= 15 is 0 Å². The lowest BCUT2D eigenvalue weighted by molar-refractivity contribution is -0.143. The minimum absolute atomic E-state index is 0.186. The lowest BCUT2D eigenvalue weighted by Gasteiger charge is -2.37. The Labute approximate surface area is 118 Å². The summed E-state index contributed by atoms with van der Waals surface area (Å²) in [6.07, 6.45) is 4.70. The molecule has 102 valence electrons. The molecule has 0 N–H and O–H groups in total. The van der Waals surface area contributed by atoms with Gasteiger partial charge >= 0.3 is 0 Å². The van der Waals surface area contributed by atoms with Gasteiger partial charge in [-0.25, -0.2) is 4.98 Å². The first-order chi connectivity index (χ1) is 9.11. The van der Waals surface area contributed by atoms with E-state index in [4.69, 9.17) is 11.6 Å². The Balaban J connectivity index is 1.79. The average Bonchev–Trinajstić information content (AvgIpc) is 2.82. The first kappa shape index (κ1) is 12.7. The molecule has 0 aliphatic carbocycles. The molecular formula is C14H18ClN3O. The molecule has 0 saturated carbocycles. The second-order valence-electron chi connectivity index (χ2n) is 5.62. The van der Waals surface area contributed by atoms with Crippen molar-refractivity contribution in [3.05, 3.63) is 23.4 Å². The van der Waals surface area contributed by atoms with Crippen molar-refractivity contribution in [3.63, 3.8) is 0 Å². The van der Waals surface area contributed by atoms with E-state index in [1.807, 2.05) is 24.1 Å². The molecule has 0 bridgehead atoms. The van der Waals surface area contributed by atoms with Crippen molar-refractivity contribution in [2.24, 2.45) is 5.41 Å². The van der Waals surface area contributed by atoms with Gasteiger partial charge in [0.05, 0.1) is 10.4 Å². The lowest BCUT2D eigenvalue weighted by atomic mass is 9.78. The van der Waals surface area contributed by atoms with Gasteiger partial charge in [-0.1, -0.05) is 11.6 Å². The van der Waals surface area contributed by atoms with Crippen LogP contribution in [0.3, 0.4) is 0 Å². The summed E-state index contributed by atoms with van der Waals surface area (Å²) in [4.78, 5) is 20.9. The third-order valence-corrected chi connectivity index (χ3v) is 4.56. The molecule has 0 radical (unpaired) electrons. The van der Waals surface area contributed by atoms with Crippen molar-refractivity contribution in [1.82, 2.24) is 9.88 Å². The molecule has 3 heterocycles. The highest BCUT2D eigenvalue weighted by atomic mass is 35.5. The zero-order valence-electron chi connectivity index (χ0n) is 11.1. The number of pyridine rings is 1. The zero-order chi connectivity index (χ0) is 13.5. The van der Waals surface area contributed by atoms with Crippen LogP contribution in [0, 0.1) is 5.41 Å². The van der Waals surface area contributed by atoms with Crippen molar-refractivity contribution >= 4 is 23.3 Å². The summed E-state index contributed by atoms with van der Waals surface area (Å²) in [7, 11) is 1.91. The predicted molar refractivity (Wildman–Crippen MR) is 75.4 cm³/mol. The molecule has 0 unspecified atom stereocenters. The van der Waals surface area contributed by atoms with E-state index in [2.05, 4.69) is 9.88 Å². The number of likely N-dealkylation sites (tertiary alicyclic amines) is 1. The Bertz CT molecular complexity index is 490.